The van der Waals surface area contributed by atoms with E-state index in [2.05, 4.69) is 239 Å². The Morgan fingerprint density at radius 2 is 0.862 bits per heavy atom. The van der Waals surface area contributed by atoms with Gasteiger partial charge in [-0.2, -0.15) is 0 Å². The van der Waals surface area contributed by atoms with Gasteiger partial charge in [-0.1, -0.05) is 200 Å². The van der Waals surface area contributed by atoms with E-state index in [0.717, 1.165) is 17.0 Å². The van der Waals surface area contributed by atoms with Gasteiger partial charge in [0.2, 0.25) is 0 Å². The van der Waals surface area contributed by atoms with Crippen LogP contribution in [-0.2, 0) is 0 Å². The van der Waals surface area contributed by atoms with Crippen molar-refractivity contribution in [3.8, 4) is 44.5 Å². The van der Waals surface area contributed by atoms with Crippen LogP contribution in [0.1, 0.15) is 23.6 Å². The van der Waals surface area contributed by atoms with Gasteiger partial charge in [-0.25, -0.2) is 0 Å². The Hall–Kier alpha value is -8.13. The van der Waals surface area contributed by atoms with E-state index in [-0.39, 0.29) is 0 Å². The van der Waals surface area contributed by atoms with Crippen molar-refractivity contribution in [2.45, 2.75) is 20.8 Å². The Morgan fingerprint density at radius 1 is 0.323 bits per heavy atom. The molecule has 0 fully saturated rings. The van der Waals surface area contributed by atoms with Gasteiger partial charge in [0.1, 0.15) is 0 Å². The largest absolute Gasteiger partial charge is 0.252 e. The molecule has 12 rings (SSSR count). The van der Waals surface area contributed by atoms with Crippen LogP contribution in [0.3, 0.4) is 0 Å². The standard InChI is InChI=1S/C64H45N/c1-40-31-32-46(38-60(40)53-25-11-9-22-50(53)42(3)65-64-41(2)49-21-8-10-24-52(49)54-26-12-15-29-59(54)64)47-35-36-58-61(39-47)62(48-34-33-43-17-4-5-19-45(43)37-48)56-27-13-14-28-57(56)63(58)55-30-16-20-44-18-6-7-23-51(44)55/h4-39H,1-3H3. The Kier molecular flexibility index (Phi) is 9.24. The number of benzene rings is 12. The first-order chi connectivity index (χ1) is 32.0. The van der Waals surface area contributed by atoms with E-state index in [0.29, 0.717) is 0 Å². The van der Waals surface area contributed by atoms with Gasteiger partial charge in [0.05, 0.1) is 5.69 Å². The van der Waals surface area contributed by atoms with Gasteiger partial charge < -0.3 is 0 Å². The molecule has 0 saturated carbocycles. The minimum atomic E-state index is 0.993. The maximum atomic E-state index is 5.49. The highest BCUT2D eigenvalue weighted by atomic mass is 14.8. The average molecular weight is 828 g/mol. The number of hydrogen-bond donors (Lipinski definition) is 0. The molecule has 0 aromatic heterocycles. The van der Waals surface area contributed by atoms with Crippen molar-refractivity contribution in [3.63, 3.8) is 0 Å². The molecule has 12 aromatic rings. The summed E-state index contributed by atoms with van der Waals surface area (Å²) in [5.74, 6) is 0. The molecule has 12 aromatic carbocycles. The first-order valence-electron chi connectivity index (χ1n) is 22.6. The molecule has 0 aliphatic carbocycles. The predicted molar refractivity (Wildman–Crippen MR) is 281 cm³/mol. The lowest BCUT2D eigenvalue weighted by Crippen LogP contribution is -1.99. The monoisotopic (exact) mass is 827 g/mol. The van der Waals surface area contributed by atoms with Crippen molar-refractivity contribution in [2.24, 2.45) is 4.99 Å². The second kappa shape index (κ2) is 15.6. The number of hydrogen-bond acceptors (Lipinski definition) is 1. The minimum Gasteiger partial charge on any atom is -0.252 e. The van der Waals surface area contributed by atoms with Crippen LogP contribution in [0.25, 0.3) is 109 Å². The topological polar surface area (TPSA) is 12.4 Å². The summed E-state index contributed by atoms with van der Waals surface area (Å²) >= 11 is 0. The molecule has 1 heteroatoms. The van der Waals surface area contributed by atoms with Crippen molar-refractivity contribution in [1.29, 1.82) is 0 Å². The second-order valence-electron chi connectivity index (χ2n) is 17.5. The highest BCUT2D eigenvalue weighted by Gasteiger charge is 2.20. The molecule has 0 bridgehead atoms. The molecule has 0 unspecified atom stereocenters. The molecule has 0 heterocycles. The molecular formula is C64H45N. The Labute approximate surface area is 379 Å². The van der Waals surface area contributed by atoms with Gasteiger partial charge >= 0.3 is 0 Å². The zero-order valence-corrected chi connectivity index (χ0v) is 36.7. The van der Waals surface area contributed by atoms with Crippen molar-refractivity contribution in [1.82, 2.24) is 0 Å². The third-order valence-electron chi connectivity index (χ3n) is 13.7. The number of nitrogens with zero attached hydrogens (tertiary/aromatic N) is 1. The van der Waals surface area contributed by atoms with Crippen LogP contribution in [-0.4, -0.2) is 5.71 Å². The maximum Gasteiger partial charge on any atom is 0.0746 e. The maximum absolute atomic E-state index is 5.49. The van der Waals surface area contributed by atoms with E-state index in [1.807, 2.05) is 0 Å². The van der Waals surface area contributed by atoms with Gasteiger partial charge in [-0.05, 0) is 154 Å². The molecule has 1 nitrogen and oxygen atoms in total. The smallest absolute Gasteiger partial charge is 0.0746 e. The van der Waals surface area contributed by atoms with E-state index in [1.54, 1.807) is 0 Å². The van der Waals surface area contributed by atoms with Gasteiger partial charge in [0.15, 0.2) is 0 Å². The van der Waals surface area contributed by atoms with Crippen molar-refractivity contribution >= 4 is 76.0 Å². The SMILES string of the molecule is CC(=Nc1c(C)c2ccccc2c2ccccc12)c1ccccc1-c1cc(-c2ccc3c(-c4cccc5ccccc45)c4ccccc4c(-c4ccc5ccccc5c4)c3c2)ccc1C. The van der Waals surface area contributed by atoms with Gasteiger partial charge in [0, 0.05) is 16.7 Å². The van der Waals surface area contributed by atoms with Crippen molar-refractivity contribution < 1.29 is 0 Å². The molecule has 0 spiro atoms. The Morgan fingerprint density at radius 3 is 1.66 bits per heavy atom. The predicted octanol–water partition coefficient (Wildman–Crippen LogP) is 18.0. The molecule has 0 N–H and O–H groups in total. The molecule has 0 aliphatic rings. The molecular weight excluding hydrogens is 783 g/mol. The summed E-state index contributed by atoms with van der Waals surface area (Å²) in [6.45, 7) is 6.60. The summed E-state index contributed by atoms with van der Waals surface area (Å²) in [6, 6.07) is 80.4. The van der Waals surface area contributed by atoms with Gasteiger partial charge in [-0.15, -0.1) is 0 Å². The fraction of sp³-hybridized carbons (Fsp3) is 0.0469. The van der Waals surface area contributed by atoms with E-state index in [9.17, 15) is 0 Å². The van der Waals surface area contributed by atoms with Crippen LogP contribution in [0.5, 0.6) is 0 Å². The van der Waals surface area contributed by atoms with Crippen LogP contribution in [0.15, 0.2) is 223 Å². The summed E-state index contributed by atoms with van der Waals surface area (Å²) in [5.41, 5.74) is 15.3. The summed E-state index contributed by atoms with van der Waals surface area (Å²) in [4.78, 5) is 5.49. The fourth-order valence-corrected chi connectivity index (χ4v) is 10.5. The van der Waals surface area contributed by atoms with E-state index in [1.165, 1.54) is 120 Å². The summed E-state index contributed by atoms with van der Waals surface area (Å²) in [5, 5.41) is 14.9. The average Bonchev–Trinajstić information content (AvgIpc) is 3.36. The van der Waals surface area contributed by atoms with Crippen LogP contribution in [0, 0.1) is 13.8 Å². The lowest BCUT2D eigenvalue weighted by Gasteiger charge is -2.20. The Balaban J connectivity index is 1.06. The fourth-order valence-electron chi connectivity index (χ4n) is 10.5. The van der Waals surface area contributed by atoms with E-state index >= 15 is 0 Å². The molecule has 0 saturated heterocycles. The molecule has 0 radical (unpaired) electrons. The summed E-state index contributed by atoms with van der Waals surface area (Å²) < 4.78 is 0. The third-order valence-corrected chi connectivity index (χ3v) is 13.7. The van der Waals surface area contributed by atoms with Gasteiger partial charge in [-0.3, -0.25) is 4.99 Å². The minimum absolute atomic E-state index is 0.993. The van der Waals surface area contributed by atoms with Crippen molar-refractivity contribution in [2.75, 3.05) is 0 Å². The number of aliphatic imine (C=N–C) groups is 1. The van der Waals surface area contributed by atoms with E-state index < -0.39 is 0 Å². The summed E-state index contributed by atoms with van der Waals surface area (Å²) in [7, 11) is 0. The molecule has 65 heavy (non-hydrogen) atoms. The second-order valence-corrected chi connectivity index (χ2v) is 17.5. The lowest BCUT2D eigenvalue weighted by molar-refractivity contribution is 1.42. The highest BCUT2D eigenvalue weighted by molar-refractivity contribution is 6.24. The number of aryl methyl sites for hydroxylation is 2. The third kappa shape index (κ3) is 6.42. The summed E-state index contributed by atoms with van der Waals surface area (Å²) in [6.07, 6.45) is 0. The zero-order valence-electron chi connectivity index (χ0n) is 36.7. The molecule has 0 aliphatic heterocycles. The van der Waals surface area contributed by atoms with E-state index in [4.69, 9.17) is 4.99 Å². The first kappa shape index (κ1) is 38.5. The molecule has 0 amide bonds. The number of rotatable bonds is 6. The van der Waals surface area contributed by atoms with Crippen LogP contribution < -0.4 is 0 Å². The van der Waals surface area contributed by atoms with Crippen LogP contribution >= 0.6 is 0 Å². The quantitative estimate of drug-likeness (QED) is 0.0899. The van der Waals surface area contributed by atoms with Crippen molar-refractivity contribution in [3.05, 3.63) is 235 Å². The molecule has 306 valence electrons. The highest BCUT2D eigenvalue weighted by Crippen LogP contribution is 2.47. The number of fused-ring (bicyclic) bond motifs is 7. The lowest BCUT2D eigenvalue weighted by atomic mass is 9.83. The zero-order chi connectivity index (χ0) is 43.6. The first-order valence-corrected chi connectivity index (χ1v) is 22.6. The van der Waals surface area contributed by atoms with Gasteiger partial charge in [0.25, 0.3) is 0 Å². The van der Waals surface area contributed by atoms with Crippen LogP contribution in [0.4, 0.5) is 5.69 Å². The normalized spacial score (nSPS) is 12.0. The Bertz CT molecular complexity index is 3920. The van der Waals surface area contributed by atoms with Crippen LogP contribution in [0.2, 0.25) is 0 Å². The molecule has 0 atom stereocenters.